The zero-order valence-electron chi connectivity index (χ0n) is 10.9. The molecule has 1 atom stereocenters. The highest BCUT2D eigenvalue weighted by molar-refractivity contribution is 7.91. The van der Waals surface area contributed by atoms with Crippen molar-refractivity contribution in [2.75, 3.05) is 13.2 Å². The van der Waals surface area contributed by atoms with Crippen molar-refractivity contribution in [1.82, 2.24) is 5.32 Å². The highest BCUT2D eigenvalue weighted by Crippen LogP contribution is 2.20. The minimum atomic E-state index is -3.68. The maximum atomic E-state index is 11.6. The second-order valence-electron chi connectivity index (χ2n) is 4.01. The van der Waals surface area contributed by atoms with Crippen molar-refractivity contribution >= 4 is 27.3 Å². The first kappa shape index (κ1) is 16.1. The van der Waals surface area contributed by atoms with Crippen LogP contribution in [0.2, 0.25) is 0 Å². The molecule has 0 fully saturated rings. The standard InChI is InChI=1S/C11H18N2O4S2/c1-3-17-8(2)7-13-10(14)6-9-4-5-11(18-9)19(12,15)16/h4-5,8H,3,6-7H2,1-2H3,(H,13,14)(H2,12,15,16). The van der Waals surface area contributed by atoms with Gasteiger partial charge < -0.3 is 10.1 Å². The normalized spacial score (nSPS) is 13.2. The van der Waals surface area contributed by atoms with Crippen LogP contribution < -0.4 is 10.5 Å². The van der Waals surface area contributed by atoms with Crippen molar-refractivity contribution in [1.29, 1.82) is 0 Å². The number of hydrogen-bond acceptors (Lipinski definition) is 5. The molecule has 1 unspecified atom stereocenters. The fourth-order valence-corrected chi connectivity index (χ4v) is 3.21. The number of nitrogens with one attached hydrogen (secondary N) is 1. The first-order valence-corrected chi connectivity index (χ1v) is 8.19. The van der Waals surface area contributed by atoms with E-state index in [0.29, 0.717) is 18.0 Å². The van der Waals surface area contributed by atoms with Crippen LogP contribution in [0.3, 0.4) is 0 Å². The van der Waals surface area contributed by atoms with Gasteiger partial charge in [0.2, 0.25) is 15.9 Å². The predicted octanol–water partition coefficient (Wildman–Crippen LogP) is 0.479. The first-order chi connectivity index (χ1) is 8.82. The lowest BCUT2D eigenvalue weighted by atomic mass is 10.3. The molecule has 3 N–H and O–H groups in total. The molecule has 0 aromatic carbocycles. The highest BCUT2D eigenvalue weighted by Gasteiger charge is 2.13. The summed E-state index contributed by atoms with van der Waals surface area (Å²) >= 11 is 1.01. The van der Waals surface area contributed by atoms with Gasteiger partial charge in [0.05, 0.1) is 12.5 Å². The Morgan fingerprint density at radius 2 is 2.21 bits per heavy atom. The van der Waals surface area contributed by atoms with Gasteiger partial charge in [0.25, 0.3) is 0 Å². The van der Waals surface area contributed by atoms with Gasteiger partial charge in [-0.15, -0.1) is 11.3 Å². The van der Waals surface area contributed by atoms with Gasteiger partial charge in [-0.3, -0.25) is 4.79 Å². The molecule has 1 amide bonds. The summed E-state index contributed by atoms with van der Waals surface area (Å²) in [5.74, 6) is -0.172. The van der Waals surface area contributed by atoms with E-state index >= 15 is 0 Å². The molecule has 1 heterocycles. The van der Waals surface area contributed by atoms with Gasteiger partial charge in [-0.05, 0) is 26.0 Å². The van der Waals surface area contributed by atoms with Gasteiger partial charge >= 0.3 is 0 Å². The number of rotatable bonds is 7. The molecule has 0 saturated heterocycles. The molecule has 0 spiro atoms. The van der Waals surface area contributed by atoms with Crippen LogP contribution in [0.4, 0.5) is 0 Å². The molecule has 19 heavy (non-hydrogen) atoms. The quantitative estimate of drug-likeness (QED) is 0.765. The number of thiophene rings is 1. The van der Waals surface area contributed by atoms with Gasteiger partial charge in [-0.1, -0.05) is 0 Å². The Balaban J connectivity index is 2.47. The second kappa shape index (κ2) is 6.99. The molecule has 0 radical (unpaired) electrons. The number of sulfonamides is 1. The smallest absolute Gasteiger partial charge is 0.247 e. The van der Waals surface area contributed by atoms with Crippen molar-refractivity contribution in [3.8, 4) is 0 Å². The summed E-state index contributed by atoms with van der Waals surface area (Å²) in [7, 11) is -3.68. The number of ether oxygens (including phenoxy) is 1. The van der Waals surface area contributed by atoms with Crippen LogP contribution in [0, 0.1) is 0 Å². The largest absolute Gasteiger partial charge is 0.377 e. The third-order valence-electron chi connectivity index (χ3n) is 2.29. The molecule has 108 valence electrons. The number of primary sulfonamides is 1. The molecule has 8 heteroatoms. The van der Waals surface area contributed by atoms with Gasteiger partial charge in [0, 0.05) is 18.0 Å². The number of nitrogens with two attached hydrogens (primary N) is 1. The number of carbonyl (C=O) groups excluding carboxylic acids is 1. The topological polar surface area (TPSA) is 98.5 Å². The summed E-state index contributed by atoms with van der Waals surface area (Å²) in [5, 5.41) is 7.72. The Morgan fingerprint density at radius 3 is 2.74 bits per heavy atom. The summed E-state index contributed by atoms with van der Waals surface area (Å²) < 4.78 is 27.5. The van der Waals surface area contributed by atoms with Crippen LogP contribution in [0.5, 0.6) is 0 Å². The van der Waals surface area contributed by atoms with Crippen LogP contribution in [0.1, 0.15) is 18.7 Å². The van der Waals surface area contributed by atoms with E-state index in [1.807, 2.05) is 13.8 Å². The summed E-state index contributed by atoms with van der Waals surface area (Å²) in [4.78, 5) is 12.3. The van der Waals surface area contributed by atoms with E-state index in [0.717, 1.165) is 11.3 Å². The van der Waals surface area contributed by atoms with Crippen LogP contribution >= 0.6 is 11.3 Å². The molecule has 0 aliphatic rings. The van der Waals surface area contributed by atoms with Gasteiger partial charge in [-0.2, -0.15) is 0 Å². The molecular weight excluding hydrogens is 288 g/mol. The summed E-state index contributed by atoms with van der Waals surface area (Å²) in [6.45, 7) is 4.78. The Hall–Kier alpha value is -0.960. The Morgan fingerprint density at radius 1 is 1.53 bits per heavy atom. The molecule has 0 saturated carbocycles. The zero-order valence-corrected chi connectivity index (χ0v) is 12.5. The van der Waals surface area contributed by atoms with Gasteiger partial charge in [0.1, 0.15) is 4.21 Å². The van der Waals surface area contributed by atoms with Gasteiger partial charge in [0.15, 0.2) is 0 Å². The maximum absolute atomic E-state index is 11.6. The third-order valence-corrected chi connectivity index (χ3v) is 4.81. The van der Waals surface area contributed by atoms with Crippen LogP contribution in [0.25, 0.3) is 0 Å². The fourth-order valence-electron chi connectivity index (χ4n) is 1.43. The van der Waals surface area contributed by atoms with Crippen molar-refractivity contribution in [3.05, 3.63) is 17.0 Å². The summed E-state index contributed by atoms with van der Waals surface area (Å²) in [6.07, 6.45) is 0.0937. The molecule has 0 bridgehead atoms. The second-order valence-corrected chi connectivity index (χ2v) is 6.97. The Labute approximate surface area is 117 Å². The van der Waals surface area contributed by atoms with Gasteiger partial charge in [-0.25, -0.2) is 13.6 Å². The highest BCUT2D eigenvalue weighted by atomic mass is 32.2. The number of hydrogen-bond donors (Lipinski definition) is 2. The van der Waals surface area contributed by atoms with E-state index < -0.39 is 10.0 Å². The first-order valence-electron chi connectivity index (χ1n) is 5.82. The van der Waals surface area contributed by atoms with Crippen molar-refractivity contribution in [3.63, 3.8) is 0 Å². The van der Waals surface area contributed by atoms with E-state index in [2.05, 4.69) is 5.32 Å². The van der Waals surface area contributed by atoms with Crippen LogP contribution in [-0.4, -0.2) is 33.6 Å². The van der Waals surface area contributed by atoms with E-state index in [-0.39, 0.29) is 22.6 Å². The summed E-state index contributed by atoms with van der Waals surface area (Å²) in [5.41, 5.74) is 0. The number of amides is 1. The molecule has 1 aromatic rings. The summed E-state index contributed by atoms with van der Waals surface area (Å²) in [6, 6.07) is 3.00. The minimum Gasteiger partial charge on any atom is -0.377 e. The molecule has 6 nitrogen and oxygen atoms in total. The lowest BCUT2D eigenvalue weighted by molar-refractivity contribution is -0.121. The average molecular weight is 306 g/mol. The lowest BCUT2D eigenvalue weighted by Gasteiger charge is -2.12. The van der Waals surface area contributed by atoms with E-state index in [1.54, 1.807) is 6.07 Å². The fraction of sp³-hybridized carbons (Fsp3) is 0.545. The minimum absolute atomic E-state index is 0.0442. The van der Waals surface area contributed by atoms with E-state index in [1.165, 1.54) is 6.07 Å². The molecule has 1 aromatic heterocycles. The Kier molecular flexibility index (Phi) is 5.92. The van der Waals surface area contributed by atoms with E-state index in [4.69, 9.17) is 9.88 Å². The van der Waals surface area contributed by atoms with Crippen molar-refractivity contribution in [2.45, 2.75) is 30.6 Å². The lowest BCUT2D eigenvalue weighted by Crippen LogP contribution is -2.32. The maximum Gasteiger partial charge on any atom is 0.247 e. The Bertz CT molecular complexity index is 525. The molecular formula is C11H18N2O4S2. The molecule has 0 aliphatic carbocycles. The average Bonchev–Trinajstić information content (AvgIpc) is 2.75. The molecule has 1 rings (SSSR count). The SMILES string of the molecule is CCOC(C)CNC(=O)Cc1ccc(S(N)(=O)=O)s1. The number of carbonyl (C=O) groups is 1. The van der Waals surface area contributed by atoms with Crippen molar-refractivity contribution < 1.29 is 17.9 Å². The zero-order chi connectivity index (χ0) is 14.5. The van der Waals surface area contributed by atoms with E-state index in [9.17, 15) is 13.2 Å². The third kappa shape index (κ3) is 5.68. The van der Waals surface area contributed by atoms with Crippen molar-refractivity contribution in [2.24, 2.45) is 5.14 Å². The van der Waals surface area contributed by atoms with Crippen LogP contribution in [-0.2, 0) is 26.0 Å². The predicted molar refractivity (Wildman–Crippen MR) is 73.5 cm³/mol. The monoisotopic (exact) mass is 306 g/mol. The molecule has 0 aliphatic heterocycles. The van der Waals surface area contributed by atoms with Crippen LogP contribution in [0.15, 0.2) is 16.3 Å².